The van der Waals surface area contributed by atoms with E-state index in [1.54, 1.807) is 41.5 Å². The van der Waals surface area contributed by atoms with Crippen molar-refractivity contribution in [3.05, 3.63) is 23.3 Å². The van der Waals surface area contributed by atoms with Crippen molar-refractivity contribution in [1.29, 1.82) is 0 Å². The third-order valence-corrected chi connectivity index (χ3v) is 9.28. The zero-order valence-electron chi connectivity index (χ0n) is 32.4. The molecule has 1 aromatic rings. The van der Waals surface area contributed by atoms with Gasteiger partial charge in [-0.15, -0.1) is 0 Å². The number of carbonyl (C=O) groups excluding carboxylic acids is 5. The molecule has 2 aliphatic heterocycles. The Morgan fingerprint density at radius 3 is 1.48 bits per heavy atom. The molecule has 0 saturated heterocycles. The molecule has 0 spiro atoms. The smallest absolute Gasteiger partial charge is 0.322 e. The summed E-state index contributed by atoms with van der Waals surface area (Å²) < 4.78 is 37.0. The van der Waals surface area contributed by atoms with E-state index in [1.165, 1.54) is 4.57 Å². The second-order valence-corrected chi connectivity index (χ2v) is 20.7. The summed E-state index contributed by atoms with van der Waals surface area (Å²) in [5, 5.41) is 26.4. The molecule has 17 nitrogen and oxygen atoms in total. The molecule has 1 aromatic heterocycles. The lowest BCUT2D eigenvalue weighted by Crippen LogP contribution is -2.47. The van der Waals surface area contributed by atoms with Gasteiger partial charge in [0.05, 0.1) is 49.6 Å². The number of hydrogen-bond acceptors (Lipinski definition) is 14. The molecule has 0 saturated carbocycles. The molecule has 0 aliphatic carbocycles. The molecule has 56 heavy (non-hydrogen) atoms. The lowest BCUT2D eigenvalue weighted by Gasteiger charge is -2.34. The fourth-order valence-electron chi connectivity index (χ4n) is 5.16. The molecule has 2 unspecified atom stereocenters. The number of aromatic nitrogens is 1. The van der Waals surface area contributed by atoms with E-state index in [0.717, 1.165) is 0 Å². The fraction of sp³-hybridized carbons (Fsp3) is 0.694. The number of fused-ring (bicyclic) bond motifs is 5. The van der Waals surface area contributed by atoms with Gasteiger partial charge in [0.2, 0.25) is 23.6 Å². The van der Waals surface area contributed by atoms with Gasteiger partial charge in [0, 0.05) is 26.1 Å². The molecule has 316 valence electrons. The maximum absolute atomic E-state index is 12.6. The van der Waals surface area contributed by atoms with Crippen molar-refractivity contribution in [3.8, 4) is 11.8 Å². The summed E-state index contributed by atoms with van der Waals surface area (Å²) in [6, 6.07) is 0. The van der Waals surface area contributed by atoms with Crippen LogP contribution in [0.25, 0.3) is 0 Å². The molecule has 3 heterocycles. The van der Waals surface area contributed by atoms with Crippen molar-refractivity contribution in [2.24, 2.45) is 5.41 Å². The van der Waals surface area contributed by atoms with Crippen LogP contribution in [0.15, 0.2) is 12.2 Å². The number of alkyl halides is 3. The van der Waals surface area contributed by atoms with Gasteiger partial charge in [-0.2, -0.15) is 0 Å². The minimum Gasteiger partial charge on any atom is -0.494 e. The van der Waals surface area contributed by atoms with E-state index >= 15 is 0 Å². The van der Waals surface area contributed by atoms with Crippen LogP contribution in [0, 0.1) is 5.41 Å². The van der Waals surface area contributed by atoms with Gasteiger partial charge in [-0.3, -0.25) is 28.5 Å². The van der Waals surface area contributed by atoms with Crippen LogP contribution in [-0.4, -0.2) is 130 Å². The highest BCUT2D eigenvalue weighted by Crippen LogP contribution is 2.54. The number of hydrogen-bond donors (Lipinski definition) is 4. The standard InChI is InChI=1S/C36H52Br3N3O14/c1-33(2,37)30(47)53-19-36(20-54-31(48)34(3,4)38,21-55-32(49)35(5,6)39)18-52-17-25(44)41-11-14-51-16-15-50-13-10-40-24(43)9-12-42-28(45)26-22-7-8-23(56-22)27(26)29(42)46/h7-8,22-23,45-46H,9-21H2,1-6H3,(H,40,43)(H,41,44). The Labute approximate surface area is 351 Å². The summed E-state index contributed by atoms with van der Waals surface area (Å²) in [7, 11) is 0. The number of rotatable bonds is 25. The van der Waals surface area contributed by atoms with E-state index < -0.39 is 48.8 Å². The van der Waals surface area contributed by atoms with Crippen molar-refractivity contribution in [1.82, 2.24) is 15.2 Å². The van der Waals surface area contributed by atoms with Crippen LogP contribution >= 0.6 is 47.8 Å². The van der Waals surface area contributed by atoms with Gasteiger partial charge < -0.3 is 54.0 Å². The quantitative estimate of drug-likeness (QED) is 0.0363. The van der Waals surface area contributed by atoms with Gasteiger partial charge in [0.25, 0.3) is 0 Å². The zero-order chi connectivity index (χ0) is 41.9. The van der Waals surface area contributed by atoms with Crippen LogP contribution in [0.5, 0.6) is 11.8 Å². The number of carbonyl (C=O) groups is 5. The number of halogens is 3. The minimum atomic E-state index is -1.37. The van der Waals surface area contributed by atoms with E-state index in [0.29, 0.717) is 11.1 Å². The van der Waals surface area contributed by atoms with E-state index in [-0.39, 0.29) is 109 Å². The highest BCUT2D eigenvalue weighted by molar-refractivity contribution is 9.10. The molecule has 2 aliphatic rings. The first-order valence-corrected chi connectivity index (χ1v) is 20.3. The molecular formula is C36H52Br3N3O14. The van der Waals surface area contributed by atoms with Crippen LogP contribution in [0.4, 0.5) is 0 Å². The number of aromatic hydroxyl groups is 2. The molecule has 4 N–H and O–H groups in total. The molecule has 2 amide bonds. The van der Waals surface area contributed by atoms with Gasteiger partial charge in [-0.05, 0) is 41.5 Å². The number of nitrogens with zero attached hydrogens (tertiary/aromatic N) is 1. The molecule has 0 radical (unpaired) electrons. The lowest BCUT2D eigenvalue weighted by atomic mass is 9.92. The first-order valence-electron chi connectivity index (χ1n) is 17.9. The van der Waals surface area contributed by atoms with E-state index in [9.17, 15) is 34.2 Å². The van der Waals surface area contributed by atoms with Crippen LogP contribution in [0.1, 0.15) is 71.3 Å². The van der Waals surface area contributed by atoms with Gasteiger partial charge in [0.15, 0.2) is 0 Å². The summed E-state index contributed by atoms with van der Waals surface area (Å²) in [5.41, 5.74) is -0.282. The first-order chi connectivity index (χ1) is 26.1. The molecule has 2 bridgehead atoms. The second kappa shape index (κ2) is 20.8. The SMILES string of the molecule is CC(C)(Br)C(=O)OCC(COCC(=O)NCCOCCOCCNC(=O)CCn1c(O)c2c(c1O)C1C=CC2O1)(COC(=O)C(C)(C)Br)COC(=O)C(C)(C)Br. The number of esters is 3. The molecule has 2 atom stereocenters. The maximum atomic E-state index is 12.6. The third-order valence-electron chi connectivity index (χ3n) is 8.30. The van der Waals surface area contributed by atoms with Crippen molar-refractivity contribution in [2.45, 2.75) is 79.7 Å². The van der Waals surface area contributed by atoms with Crippen molar-refractivity contribution < 1.29 is 67.3 Å². The lowest BCUT2D eigenvalue weighted by molar-refractivity contribution is -0.170. The Kier molecular flexibility index (Phi) is 17.7. The van der Waals surface area contributed by atoms with E-state index in [4.69, 9.17) is 33.2 Å². The Balaban J connectivity index is 1.34. The highest BCUT2D eigenvalue weighted by atomic mass is 79.9. The van der Waals surface area contributed by atoms with Crippen molar-refractivity contribution >= 4 is 77.5 Å². The van der Waals surface area contributed by atoms with Crippen LogP contribution in [0.2, 0.25) is 0 Å². The normalized spacial score (nSPS) is 16.4. The number of nitrogens with one attached hydrogen (secondary N) is 2. The van der Waals surface area contributed by atoms with Gasteiger partial charge in [-0.25, -0.2) is 0 Å². The van der Waals surface area contributed by atoms with Crippen LogP contribution < -0.4 is 10.6 Å². The molecule has 20 heteroatoms. The monoisotopic (exact) mass is 987 g/mol. The zero-order valence-corrected chi connectivity index (χ0v) is 37.1. The summed E-state index contributed by atoms with van der Waals surface area (Å²) in [6.45, 7) is 9.18. The molecular weight excluding hydrogens is 938 g/mol. The number of ether oxygens (including phenoxy) is 7. The maximum Gasteiger partial charge on any atom is 0.322 e. The Morgan fingerprint density at radius 1 is 0.661 bits per heavy atom. The van der Waals surface area contributed by atoms with E-state index in [2.05, 4.69) is 58.4 Å². The third kappa shape index (κ3) is 14.3. The van der Waals surface area contributed by atoms with Gasteiger partial charge >= 0.3 is 17.9 Å². The van der Waals surface area contributed by atoms with Gasteiger partial charge in [-0.1, -0.05) is 59.9 Å². The van der Waals surface area contributed by atoms with Gasteiger partial charge in [0.1, 0.15) is 51.6 Å². The summed E-state index contributed by atoms with van der Waals surface area (Å²) in [6.07, 6.45) is 2.91. The highest BCUT2D eigenvalue weighted by Gasteiger charge is 2.43. The van der Waals surface area contributed by atoms with Crippen molar-refractivity contribution in [2.75, 3.05) is 72.6 Å². The predicted molar refractivity (Wildman–Crippen MR) is 211 cm³/mol. The molecule has 3 rings (SSSR count). The predicted octanol–water partition coefficient (Wildman–Crippen LogP) is 3.39. The Bertz CT molecular complexity index is 1470. The number of amides is 2. The Morgan fingerprint density at radius 2 is 1.07 bits per heavy atom. The average Bonchev–Trinajstić information content (AvgIpc) is 3.80. The summed E-state index contributed by atoms with van der Waals surface area (Å²) in [5.74, 6) is -2.81. The van der Waals surface area contributed by atoms with E-state index in [1.807, 2.05) is 12.2 Å². The largest absolute Gasteiger partial charge is 0.494 e. The van der Waals surface area contributed by atoms with Crippen LogP contribution in [0.3, 0.4) is 0 Å². The average molecular weight is 991 g/mol. The molecule has 0 aromatic carbocycles. The topological polar surface area (TPSA) is 219 Å². The minimum absolute atomic E-state index is 0.0426. The summed E-state index contributed by atoms with van der Waals surface area (Å²) in [4.78, 5) is 62.7. The van der Waals surface area contributed by atoms with Crippen molar-refractivity contribution in [3.63, 3.8) is 0 Å². The summed E-state index contributed by atoms with van der Waals surface area (Å²) >= 11 is 9.76. The second-order valence-electron chi connectivity index (χ2n) is 14.8. The first kappa shape index (κ1) is 47.6. The fourth-order valence-corrected chi connectivity index (χ4v) is 5.51. The van der Waals surface area contributed by atoms with Crippen LogP contribution in [-0.2, 0) is 63.7 Å². The Hall–Kier alpha value is -2.75. The molecule has 0 fully saturated rings.